The van der Waals surface area contributed by atoms with Gasteiger partial charge < -0.3 is 14.8 Å². The number of unbranched alkanes of at least 4 members (excludes halogenated alkanes) is 2. The van der Waals surface area contributed by atoms with Gasteiger partial charge in [-0.05, 0) is 6.42 Å². The van der Waals surface area contributed by atoms with E-state index in [-0.39, 0.29) is 31.5 Å². The molecule has 1 rings (SSSR count). The average molecular weight is 293 g/mol. The Morgan fingerprint density at radius 1 is 1.37 bits per heavy atom. The van der Waals surface area contributed by atoms with Crippen molar-refractivity contribution < 1.29 is 22.7 Å². The molecule has 0 radical (unpaired) electrons. The summed E-state index contributed by atoms with van der Waals surface area (Å²) in [6.45, 7) is 3.09. The summed E-state index contributed by atoms with van der Waals surface area (Å²) in [5.74, 6) is -0.384. The molecule has 1 aliphatic heterocycles. The van der Waals surface area contributed by atoms with E-state index in [4.69, 9.17) is 9.47 Å². The first-order chi connectivity index (χ1) is 8.87. The van der Waals surface area contributed by atoms with E-state index >= 15 is 0 Å². The van der Waals surface area contributed by atoms with Crippen LogP contribution in [-0.2, 0) is 24.1 Å². The largest absolute Gasteiger partial charge is 0.376 e. The molecule has 7 heteroatoms. The second kappa shape index (κ2) is 7.21. The molecule has 1 saturated heterocycles. The van der Waals surface area contributed by atoms with Crippen molar-refractivity contribution in [2.45, 2.75) is 31.7 Å². The molecule has 112 valence electrons. The van der Waals surface area contributed by atoms with Gasteiger partial charge in [0.2, 0.25) is 5.91 Å². The van der Waals surface area contributed by atoms with Crippen LogP contribution in [0.1, 0.15) is 26.2 Å². The van der Waals surface area contributed by atoms with E-state index in [0.717, 1.165) is 25.5 Å². The number of hydrogen-bond donors (Lipinski definition) is 1. The van der Waals surface area contributed by atoms with Crippen molar-refractivity contribution in [3.8, 4) is 0 Å². The van der Waals surface area contributed by atoms with Crippen molar-refractivity contribution in [3.63, 3.8) is 0 Å². The van der Waals surface area contributed by atoms with Gasteiger partial charge in [0, 0.05) is 12.9 Å². The third-order valence-corrected chi connectivity index (χ3v) is 3.90. The van der Waals surface area contributed by atoms with E-state index in [1.54, 1.807) is 0 Å². The molecule has 1 heterocycles. The SMILES string of the molecule is CCCCCOCC(=O)NC1(CS(C)(=O)=O)COC1. The smallest absolute Gasteiger partial charge is 0.246 e. The van der Waals surface area contributed by atoms with Crippen molar-refractivity contribution in [1.29, 1.82) is 0 Å². The van der Waals surface area contributed by atoms with Gasteiger partial charge in [-0.25, -0.2) is 8.42 Å². The molecule has 0 atom stereocenters. The topological polar surface area (TPSA) is 81.7 Å². The number of rotatable bonds is 9. The van der Waals surface area contributed by atoms with Gasteiger partial charge in [0.25, 0.3) is 0 Å². The first kappa shape index (κ1) is 16.4. The van der Waals surface area contributed by atoms with Crippen LogP contribution < -0.4 is 5.32 Å². The lowest BCUT2D eigenvalue weighted by atomic mass is 10.0. The highest BCUT2D eigenvalue weighted by atomic mass is 32.2. The van der Waals surface area contributed by atoms with Gasteiger partial charge in [-0.2, -0.15) is 0 Å². The van der Waals surface area contributed by atoms with Crippen LogP contribution in [0, 0.1) is 0 Å². The van der Waals surface area contributed by atoms with E-state index in [2.05, 4.69) is 12.2 Å². The Morgan fingerprint density at radius 3 is 2.53 bits per heavy atom. The number of sulfone groups is 1. The first-order valence-corrected chi connectivity index (χ1v) is 8.57. The van der Waals surface area contributed by atoms with Crippen molar-refractivity contribution in [2.75, 3.05) is 38.4 Å². The molecule has 0 aromatic carbocycles. The standard InChI is InChI=1S/C12H23NO5S/c1-3-4-5-6-17-7-11(14)13-12(8-18-9-12)10-19(2,15)16/h3-10H2,1-2H3,(H,13,14). The molecule has 0 saturated carbocycles. The minimum absolute atomic E-state index is 0.0325. The molecule has 6 nitrogen and oxygen atoms in total. The molecule has 1 amide bonds. The zero-order valence-electron chi connectivity index (χ0n) is 11.6. The number of hydrogen-bond acceptors (Lipinski definition) is 5. The van der Waals surface area contributed by atoms with Gasteiger partial charge in [-0.1, -0.05) is 19.8 Å². The zero-order chi connectivity index (χ0) is 14.4. The Hall–Kier alpha value is -0.660. The second-order valence-corrected chi connectivity index (χ2v) is 7.29. The van der Waals surface area contributed by atoms with Crippen molar-refractivity contribution in [3.05, 3.63) is 0 Å². The molecule has 0 aromatic heterocycles. The number of ether oxygens (including phenoxy) is 2. The predicted molar refractivity (Wildman–Crippen MR) is 71.7 cm³/mol. The van der Waals surface area contributed by atoms with Crippen molar-refractivity contribution in [2.24, 2.45) is 0 Å². The number of amides is 1. The Bertz CT molecular complexity index is 389. The lowest BCUT2D eigenvalue weighted by Gasteiger charge is -2.41. The van der Waals surface area contributed by atoms with Gasteiger partial charge >= 0.3 is 0 Å². The lowest BCUT2D eigenvalue weighted by molar-refractivity contribution is -0.135. The first-order valence-electron chi connectivity index (χ1n) is 6.51. The van der Waals surface area contributed by atoms with Gasteiger partial charge in [0.1, 0.15) is 22.0 Å². The summed E-state index contributed by atoms with van der Waals surface area (Å²) in [4.78, 5) is 11.7. The van der Waals surface area contributed by atoms with Gasteiger partial charge in [0.05, 0.1) is 19.0 Å². The second-order valence-electron chi connectivity index (χ2n) is 5.15. The van der Waals surface area contributed by atoms with E-state index < -0.39 is 15.4 Å². The fraction of sp³-hybridized carbons (Fsp3) is 0.917. The Labute approximate surface area is 114 Å². The van der Waals surface area contributed by atoms with E-state index in [1.807, 2.05) is 0 Å². The van der Waals surface area contributed by atoms with Gasteiger partial charge in [0.15, 0.2) is 0 Å². The number of carbonyl (C=O) groups is 1. The Kier molecular flexibility index (Phi) is 6.22. The van der Waals surface area contributed by atoms with E-state index in [0.29, 0.717) is 6.61 Å². The average Bonchev–Trinajstić information content (AvgIpc) is 2.24. The maximum atomic E-state index is 11.7. The summed E-state index contributed by atoms with van der Waals surface area (Å²) in [7, 11) is -3.16. The maximum absolute atomic E-state index is 11.7. The molecule has 0 aromatic rings. The molecule has 1 aliphatic rings. The van der Waals surface area contributed by atoms with Crippen LogP contribution in [-0.4, -0.2) is 58.3 Å². The molecular formula is C12H23NO5S. The highest BCUT2D eigenvalue weighted by molar-refractivity contribution is 7.90. The summed E-state index contributed by atoms with van der Waals surface area (Å²) in [6.07, 6.45) is 4.26. The number of nitrogens with one attached hydrogen (secondary N) is 1. The Morgan fingerprint density at radius 2 is 2.05 bits per heavy atom. The molecule has 19 heavy (non-hydrogen) atoms. The molecular weight excluding hydrogens is 270 g/mol. The number of carbonyl (C=O) groups excluding carboxylic acids is 1. The summed E-state index contributed by atoms with van der Waals surface area (Å²) >= 11 is 0. The molecule has 1 fully saturated rings. The molecule has 0 aliphatic carbocycles. The lowest BCUT2D eigenvalue weighted by Crippen LogP contribution is -2.66. The quantitative estimate of drug-likeness (QED) is 0.611. The maximum Gasteiger partial charge on any atom is 0.246 e. The highest BCUT2D eigenvalue weighted by Crippen LogP contribution is 2.19. The van der Waals surface area contributed by atoms with Gasteiger partial charge in [-0.3, -0.25) is 4.79 Å². The highest BCUT2D eigenvalue weighted by Gasteiger charge is 2.42. The summed E-state index contributed by atoms with van der Waals surface area (Å²) in [5.41, 5.74) is -0.766. The van der Waals surface area contributed by atoms with E-state index in [1.165, 1.54) is 0 Å². The van der Waals surface area contributed by atoms with Crippen LogP contribution in [0.3, 0.4) is 0 Å². The summed E-state index contributed by atoms with van der Waals surface area (Å²) in [6, 6.07) is 0. The molecule has 0 bridgehead atoms. The van der Waals surface area contributed by atoms with E-state index in [9.17, 15) is 13.2 Å². The molecule has 0 unspecified atom stereocenters. The fourth-order valence-corrected chi connectivity index (χ4v) is 3.24. The summed E-state index contributed by atoms with van der Waals surface area (Å²) in [5, 5.41) is 2.71. The van der Waals surface area contributed by atoms with Crippen LogP contribution >= 0.6 is 0 Å². The zero-order valence-corrected chi connectivity index (χ0v) is 12.4. The third kappa shape index (κ3) is 6.35. The monoisotopic (exact) mass is 293 g/mol. The van der Waals surface area contributed by atoms with Crippen molar-refractivity contribution >= 4 is 15.7 Å². The molecule has 1 N–H and O–H groups in total. The minimum atomic E-state index is -3.16. The Balaban J connectivity index is 2.29. The molecule has 0 spiro atoms. The fourth-order valence-electron chi connectivity index (χ4n) is 1.99. The summed E-state index contributed by atoms with van der Waals surface area (Å²) < 4.78 is 32.9. The van der Waals surface area contributed by atoms with Crippen LogP contribution in [0.25, 0.3) is 0 Å². The predicted octanol–water partition coefficient (Wildman–Crippen LogP) is 0.123. The normalized spacial score (nSPS) is 17.8. The minimum Gasteiger partial charge on any atom is -0.376 e. The van der Waals surface area contributed by atoms with Crippen LogP contribution in [0.4, 0.5) is 0 Å². The van der Waals surface area contributed by atoms with Crippen molar-refractivity contribution in [1.82, 2.24) is 5.32 Å². The third-order valence-electron chi connectivity index (χ3n) is 2.83. The van der Waals surface area contributed by atoms with Crippen LogP contribution in [0.2, 0.25) is 0 Å². The van der Waals surface area contributed by atoms with Gasteiger partial charge in [-0.15, -0.1) is 0 Å². The van der Waals surface area contributed by atoms with Crippen LogP contribution in [0.15, 0.2) is 0 Å². The van der Waals surface area contributed by atoms with Crippen LogP contribution in [0.5, 0.6) is 0 Å².